The van der Waals surface area contributed by atoms with Crippen LogP contribution in [0.5, 0.6) is 5.88 Å². The molecule has 31 heavy (non-hydrogen) atoms. The molecule has 1 fully saturated rings. The molecule has 2 atom stereocenters. The normalized spacial score (nSPS) is 19.0. The van der Waals surface area contributed by atoms with Crippen LogP contribution in [0.25, 0.3) is 16.8 Å². The molecular formula is C19H20F3N7O2. The number of aromatic nitrogens is 4. The van der Waals surface area contributed by atoms with Gasteiger partial charge in [-0.25, -0.2) is 14.5 Å². The number of carbonyl (C=O) groups is 1. The summed E-state index contributed by atoms with van der Waals surface area (Å²) in [5.41, 5.74) is 4.76. The Labute approximate surface area is 174 Å². The average molecular weight is 435 g/mol. The van der Waals surface area contributed by atoms with E-state index in [2.05, 4.69) is 25.7 Å². The lowest BCUT2D eigenvalue weighted by atomic mass is 10.1. The molecule has 1 aliphatic rings. The number of methoxy groups -OCH3 is 1. The molecular weight excluding hydrogens is 415 g/mol. The molecule has 0 aromatic carbocycles. The Bertz CT molecular complexity index is 1150. The highest BCUT2D eigenvalue weighted by Crippen LogP contribution is 2.38. The number of nitrogens with one attached hydrogen (secondary N) is 2. The first kappa shape index (κ1) is 20.8. The number of halogens is 3. The van der Waals surface area contributed by atoms with Gasteiger partial charge in [-0.15, -0.1) is 0 Å². The van der Waals surface area contributed by atoms with E-state index in [1.807, 2.05) is 6.92 Å². The fraction of sp³-hybridized carbons (Fsp3) is 0.368. The maximum Gasteiger partial charge on any atom is 0.418 e. The lowest BCUT2D eigenvalue weighted by Gasteiger charge is -2.17. The Kier molecular flexibility index (Phi) is 5.17. The number of nitrogens with two attached hydrogens (primary N) is 1. The van der Waals surface area contributed by atoms with E-state index in [0.29, 0.717) is 6.54 Å². The summed E-state index contributed by atoms with van der Waals surface area (Å²) in [5.74, 6) is -0.450. The fourth-order valence-corrected chi connectivity index (χ4v) is 3.66. The standard InChI is InChI=1S/C19H20F3N7O2/c1-9-5-24-7-13(9)28-17(30)11-3-10(6-25-18(11)31-2)14-4-12(19(20,21)22)15-16(23)26-8-27-29(14)15/h3-4,6,8-9,13,24H,5,7H2,1-2H3,(H,28,30)(H2,23,26,27)/t9-,13+/m0/s1. The minimum Gasteiger partial charge on any atom is -0.480 e. The van der Waals surface area contributed by atoms with Crippen molar-refractivity contribution in [2.24, 2.45) is 5.92 Å². The second kappa shape index (κ2) is 7.69. The molecule has 0 aliphatic carbocycles. The smallest absolute Gasteiger partial charge is 0.418 e. The van der Waals surface area contributed by atoms with E-state index in [-0.39, 0.29) is 46.0 Å². The highest BCUT2D eigenvalue weighted by Gasteiger charge is 2.37. The molecule has 12 heteroatoms. The lowest BCUT2D eigenvalue weighted by Crippen LogP contribution is -2.39. The number of pyridine rings is 1. The maximum atomic E-state index is 13.6. The van der Waals surface area contributed by atoms with Crippen LogP contribution in [0.2, 0.25) is 0 Å². The van der Waals surface area contributed by atoms with Gasteiger partial charge in [0.2, 0.25) is 5.88 Å². The quantitative estimate of drug-likeness (QED) is 0.571. The number of alkyl halides is 3. The summed E-state index contributed by atoms with van der Waals surface area (Å²) in [6.07, 6.45) is -2.30. The molecule has 9 nitrogen and oxygen atoms in total. The number of rotatable bonds is 4. The number of nitrogen functional groups attached to an aromatic ring is 1. The van der Waals surface area contributed by atoms with Crippen LogP contribution in [0.3, 0.4) is 0 Å². The Hall–Kier alpha value is -3.41. The zero-order chi connectivity index (χ0) is 22.3. The van der Waals surface area contributed by atoms with Crippen molar-refractivity contribution in [3.05, 3.63) is 35.8 Å². The Morgan fingerprint density at radius 3 is 2.74 bits per heavy atom. The molecule has 0 saturated carbocycles. The fourth-order valence-electron chi connectivity index (χ4n) is 3.66. The first-order chi connectivity index (χ1) is 14.7. The van der Waals surface area contributed by atoms with E-state index >= 15 is 0 Å². The molecule has 4 heterocycles. The van der Waals surface area contributed by atoms with Crippen molar-refractivity contribution >= 4 is 17.2 Å². The van der Waals surface area contributed by atoms with E-state index in [9.17, 15) is 18.0 Å². The first-order valence-corrected chi connectivity index (χ1v) is 9.46. The number of fused-ring (bicyclic) bond motifs is 1. The molecule has 0 radical (unpaired) electrons. The number of ether oxygens (including phenoxy) is 1. The van der Waals surface area contributed by atoms with Crippen LogP contribution in [-0.2, 0) is 6.18 Å². The topological polar surface area (TPSA) is 119 Å². The molecule has 1 saturated heterocycles. The number of carbonyl (C=O) groups excluding carboxylic acids is 1. The van der Waals surface area contributed by atoms with Crippen molar-refractivity contribution in [1.82, 2.24) is 30.2 Å². The molecule has 3 aromatic heterocycles. The summed E-state index contributed by atoms with van der Waals surface area (Å²) in [5, 5.41) is 10.0. The molecule has 4 N–H and O–H groups in total. The van der Waals surface area contributed by atoms with Gasteiger partial charge < -0.3 is 21.1 Å². The Morgan fingerprint density at radius 2 is 2.10 bits per heavy atom. The van der Waals surface area contributed by atoms with Crippen LogP contribution < -0.4 is 21.1 Å². The third kappa shape index (κ3) is 3.74. The van der Waals surface area contributed by atoms with Gasteiger partial charge in [0.1, 0.15) is 17.4 Å². The summed E-state index contributed by atoms with van der Waals surface area (Å²) < 4.78 is 47.0. The van der Waals surface area contributed by atoms with Gasteiger partial charge in [0, 0.05) is 24.3 Å². The van der Waals surface area contributed by atoms with Crippen molar-refractivity contribution in [3.63, 3.8) is 0 Å². The summed E-state index contributed by atoms with van der Waals surface area (Å²) in [7, 11) is 1.36. The zero-order valence-electron chi connectivity index (χ0n) is 16.7. The van der Waals surface area contributed by atoms with Gasteiger partial charge in [-0.2, -0.15) is 18.3 Å². The van der Waals surface area contributed by atoms with Gasteiger partial charge in [0.05, 0.1) is 18.4 Å². The lowest BCUT2D eigenvalue weighted by molar-refractivity contribution is -0.136. The Morgan fingerprint density at radius 1 is 1.32 bits per heavy atom. The predicted octanol–water partition coefficient (Wildman–Crippen LogP) is 1.74. The van der Waals surface area contributed by atoms with Crippen molar-refractivity contribution < 1.29 is 22.7 Å². The van der Waals surface area contributed by atoms with Gasteiger partial charge in [-0.3, -0.25) is 4.79 Å². The van der Waals surface area contributed by atoms with Crippen LogP contribution in [0.15, 0.2) is 24.7 Å². The largest absolute Gasteiger partial charge is 0.480 e. The van der Waals surface area contributed by atoms with Crippen LogP contribution >= 0.6 is 0 Å². The number of hydrogen-bond donors (Lipinski definition) is 3. The molecule has 0 bridgehead atoms. The van der Waals surface area contributed by atoms with Crippen LogP contribution in [0.1, 0.15) is 22.8 Å². The van der Waals surface area contributed by atoms with E-state index in [4.69, 9.17) is 10.5 Å². The molecule has 0 spiro atoms. The molecule has 4 rings (SSSR count). The summed E-state index contributed by atoms with van der Waals surface area (Å²) >= 11 is 0. The maximum absolute atomic E-state index is 13.6. The van der Waals surface area contributed by atoms with E-state index < -0.39 is 17.6 Å². The van der Waals surface area contributed by atoms with Crippen molar-refractivity contribution in [2.75, 3.05) is 25.9 Å². The van der Waals surface area contributed by atoms with Crippen molar-refractivity contribution in [3.8, 4) is 17.1 Å². The van der Waals surface area contributed by atoms with Gasteiger partial charge in [-0.05, 0) is 24.6 Å². The van der Waals surface area contributed by atoms with E-state index in [1.165, 1.54) is 19.4 Å². The predicted molar refractivity (Wildman–Crippen MR) is 105 cm³/mol. The summed E-state index contributed by atoms with van der Waals surface area (Å²) in [6, 6.07) is 2.25. The molecule has 1 amide bonds. The second-order valence-electron chi connectivity index (χ2n) is 7.34. The summed E-state index contributed by atoms with van der Waals surface area (Å²) in [4.78, 5) is 20.7. The number of amides is 1. The van der Waals surface area contributed by atoms with E-state index in [0.717, 1.165) is 23.5 Å². The van der Waals surface area contributed by atoms with Gasteiger partial charge in [-0.1, -0.05) is 6.92 Å². The molecule has 1 aliphatic heterocycles. The third-order valence-electron chi connectivity index (χ3n) is 5.31. The number of anilines is 1. The van der Waals surface area contributed by atoms with Crippen LogP contribution in [-0.4, -0.2) is 51.7 Å². The van der Waals surface area contributed by atoms with Gasteiger partial charge >= 0.3 is 6.18 Å². The second-order valence-corrected chi connectivity index (χ2v) is 7.34. The molecule has 0 unspecified atom stereocenters. The highest BCUT2D eigenvalue weighted by molar-refractivity contribution is 5.98. The molecule has 3 aromatic rings. The summed E-state index contributed by atoms with van der Waals surface area (Å²) in [6.45, 7) is 3.40. The third-order valence-corrected chi connectivity index (χ3v) is 5.31. The minimum atomic E-state index is -4.67. The van der Waals surface area contributed by atoms with Gasteiger partial charge in [0.15, 0.2) is 5.82 Å². The number of hydrogen-bond acceptors (Lipinski definition) is 7. The SMILES string of the molecule is COc1ncc(-c2cc(C(F)(F)F)c3c(N)ncnn23)cc1C(=O)N[C@@H]1CNC[C@@H]1C. The minimum absolute atomic E-state index is 0.0610. The zero-order valence-corrected chi connectivity index (χ0v) is 16.7. The van der Waals surface area contributed by atoms with Crippen molar-refractivity contribution in [2.45, 2.75) is 19.1 Å². The van der Waals surface area contributed by atoms with Crippen LogP contribution in [0, 0.1) is 5.92 Å². The van der Waals surface area contributed by atoms with Crippen LogP contribution in [0.4, 0.5) is 19.0 Å². The van der Waals surface area contributed by atoms with Crippen molar-refractivity contribution in [1.29, 1.82) is 0 Å². The Balaban J connectivity index is 1.81. The first-order valence-electron chi connectivity index (χ1n) is 9.46. The molecule has 164 valence electrons. The average Bonchev–Trinajstić information content (AvgIpc) is 3.32. The number of nitrogens with zero attached hydrogens (tertiary/aromatic N) is 4. The monoisotopic (exact) mass is 435 g/mol. The van der Waals surface area contributed by atoms with E-state index in [1.54, 1.807) is 0 Å². The van der Waals surface area contributed by atoms with Gasteiger partial charge in [0.25, 0.3) is 5.91 Å². The highest BCUT2D eigenvalue weighted by atomic mass is 19.4.